The first-order valence-corrected chi connectivity index (χ1v) is 7.56. The minimum Gasteiger partial charge on any atom is -0.356 e. The zero-order chi connectivity index (χ0) is 16.2. The van der Waals surface area contributed by atoms with Crippen molar-refractivity contribution in [3.05, 3.63) is 76.4 Å². The highest BCUT2D eigenvalue weighted by molar-refractivity contribution is 6.30. The van der Waals surface area contributed by atoms with Gasteiger partial charge in [0.1, 0.15) is 5.69 Å². The van der Waals surface area contributed by atoms with Crippen LogP contribution in [0.25, 0.3) is 11.3 Å². The van der Waals surface area contributed by atoms with Crippen LogP contribution in [0.3, 0.4) is 0 Å². The molecule has 1 amide bonds. The van der Waals surface area contributed by atoms with Gasteiger partial charge >= 0.3 is 0 Å². The summed E-state index contributed by atoms with van der Waals surface area (Å²) >= 11 is 5.87. The molecular weight excluding hydrogens is 312 g/mol. The second-order valence-corrected chi connectivity index (χ2v) is 5.62. The largest absolute Gasteiger partial charge is 0.356 e. The number of hydrogen-bond donors (Lipinski definition) is 1. The molecule has 0 aliphatic rings. The standard InChI is InChI=1S/C18H15ClN2O2/c1-12-4-2-3-5-16(12)18(22)20-11-15-10-17(23-21-15)13-6-8-14(19)9-7-13/h2-10H,11H2,1H3,(H,20,22). The zero-order valence-corrected chi connectivity index (χ0v) is 13.3. The lowest BCUT2D eigenvalue weighted by atomic mass is 10.1. The fourth-order valence-electron chi connectivity index (χ4n) is 2.24. The van der Waals surface area contributed by atoms with Gasteiger partial charge in [0.2, 0.25) is 0 Å². The van der Waals surface area contributed by atoms with Crippen LogP contribution in [0.5, 0.6) is 0 Å². The van der Waals surface area contributed by atoms with E-state index in [1.165, 1.54) is 0 Å². The number of halogens is 1. The van der Waals surface area contributed by atoms with Crippen LogP contribution in [-0.2, 0) is 6.54 Å². The van der Waals surface area contributed by atoms with E-state index < -0.39 is 0 Å². The predicted molar refractivity (Wildman–Crippen MR) is 89.3 cm³/mol. The van der Waals surface area contributed by atoms with Gasteiger partial charge in [-0.3, -0.25) is 4.79 Å². The summed E-state index contributed by atoms with van der Waals surface area (Å²) in [6.45, 7) is 2.22. The molecule has 4 nitrogen and oxygen atoms in total. The van der Waals surface area contributed by atoms with E-state index >= 15 is 0 Å². The van der Waals surface area contributed by atoms with Gasteiger partial charge in [-0.25, -0.2) is 0 Å². The summed E-state index contributed by atoms with van der Waals surface area (Å²) in [6, 6.07) is 16.6. The molecule has 0 spiro atoms. The zero-order valence-electron chi connectivity index (χ0n) is 12.5. The van der Waals surface area contributed by atoms with E-state index in [-0.39, 0.29) is 5.91 Å². The molecule has 3 rings (SSSR count). The molecule has 5 heteroatoms. The Kier molecular flexibility index (Phi) is 4.44. The molecule has 1 N–H and O–H groups in total. The summed E-state index contributed by atoms with van der Waals surface area (Å²) in [5.41, 5.74) is 3.15. The van der Waals surface area contributed by atoms with Crippen molar-refractivity contribution in [3.63, 3.8) is 0 Å². The molecule has 0 radical (unpaired) electrons. The van der Waals surface area contributed by atoms with E-state index in [4.69, 9.17) is 16.1 Å². The predicted octanol–water partition coefficient (Wildman–Crippen LogP) is 4.23. The fourth-order valence-corrected chi connectivity index (χ4v) is 2.37. The number of rotatable bonds is 4. The smallest absolute Gasteiger partial charge is 0.251 e. The number of nitrogens with one attached hydrogen (secondary N) is 1. The molecule has 0 fully saturated rings. The maximum atomic E-state index is 12.2. The number of amides is 1. The topological polar surface area (TPSA) is 55.1 Å². The van der Waals surface area contributed by atoms with Crippen molar-refractivity contribution in [2.45, 2.75) is 13.5 Å². The van der Waals surface area contributed by atoms with Crippen molar-refractivity contribution in [1.29, 1.82) is 0 Å². The SMILES string of the molecule is Cc1ccccc1C(=O)NCc1cc(-c2ccc(Cl)cc2)on1. The summed E-state index contributed by atoms with van der Waals surface area (Å²) in [4.78, 5) is 12.2. The highest BCUT2D eigenvalue weighted by Crippen LogP contribution is 2.22. The third-order valence-electron chi connectivity index (χ3n) is 3.51. The van der Waals surface area contributed by atoms with Crippen molar-refractivity contribution < 1.29 is 9.32 Å². The lowest BCUT2D eigenvalue weighted by Crippen LogP contribution is -2.23. The Morgan fingerprint density at radius 1 is 1.17 bits per heavy atom. The minimum atomic E-state index is -0.126. The maximum absolute atomic E-state index is 12.2. The van der Waals surface area contributed by atoms with Crippen LogP contribution in [0, 0.1) is 6.92 Å². The van der Waals surface area contributed by atoms with E-state index in [0.717, 1.165) is 11.1 Å². The Hall–Kier alpha value is -2.59. The molecule has 1 heterocycles. The van der Waals surface area contributed by atoms with E-state index in [9.17, 15) is 4.79 Å². The van der Waals surface area contributed by atoms with Crippen molar-refractivity contribution in [3.8, 4) is 11.3 Å². The van der Waals surface area contributed by atoms with Crippen LogP contribution >= 0.6 is 11.6 Å². The van der Waals surface area contributed by atoms with Gasteiger partial charge in [0.15, 0.2) is 5.76 Å². The highest BCUT2D eigenvalue weighted by atomic mass is 35.5. The van der Waals surface area contributed by atoms with Crippen molar-refractivity contribution >= 4 is 17.5 Å². The molecule has 1 aromatic heterocycles. The van der Waals surface area contributed by atoms with Gasteiger partial charge in [-0.1, -0.05) is 35.0 Å². The highest BCUT2D eigenvalue weighted by Gasteiger charge is 2.10. The van der Waals surface area contributed by atoms with Gasteiger partial charge in [-0.15, -0.1) is 0 Å². The van der Waals surface area contributed by atoms with E-state index in [0.29, 0.717) is 28.6 Å². The molecule has 0 aliphatic heterocycles. The van der Waals surface area contributed by atoms with E-state index in [2.05, 4.69) is 10.5 Å². The molecule has 116 valence electrons. The number of nitrogens with zero attached hydrogens (tertiary/aromatic N) is 1. The molecule has 0 bridgehead atoms. The van der Waals surface area contributed by atoms with Gasteiger partial charge in [-0.2, -0.15) is 0 Å². The second-order valence-electron chi connectivity index (χ2n) is 5.19. The van der Waals surface area contributed by atoms with E-state index in [1.54, 1.807) is 24.3 Å². The van der Waals surface area contributed by atoms with Crippen molar-refractivity contribution in [2.75, 3.05) is 0 Å². The summed E-state index contributed by atoms with van der Waals surface area (Å²) in [5, 5.41) is 7.49. The molecule has 2 aromatic carbocycles. The lowest BCUT2D eigenvalue weighted by Gasteiger charge is -2.05. The Morgan fingerprint density at radius 3 is 2.65 bits per heavy atom. The molecule has 0 unspecified atom stereocenters. The second kappa shape index (κ2) is 6.67. The lowest BCUT2D eigenvalue weighted by molar-refractivity contribution is 0.0949. The van der Waals surface area contributed by atoms with Crippen LogP contribution in [0.2, 0.25) is 5.02 Å². The van der Waals surface area contributed by atoms with Gasteiger partial charge in [0.25, 0.3) is 5.91 Å². The van der Waals surface area contributed by atoms with Crippen molar-refractivity contribution in [2.24, 2.45) is 0 Å². The van der Waals surface area contributed by atoms with Gasteiger partial charge in [-0.05, 0) is 42.8 Å². The Morgan fingerprint density at radius 2 is 1.91 bits per heavy atom. The summed E-state index contributed by atoms with van der Waals surface area (Å²) in [6.07, 6.45) is 0. The third-order valence-corrected chi connectivity index (χ3v) is 3.76. The molecule has 0 atom stereocenters. The van der Waals surface area contributed by atoms with Crippen LogP contribution < -0.4 is 5.32 Å². The molecule has 0 saturated carbocycles. The summed E-state index contributed by atoms with van der Waals surface area (Å²) in [5.74, 6) is 0.515. The Labute approximate surface area is 139 Å². The number of carbonyl (C=O) groups excluding carboxylic acids is 1. The molecule has 23 heavy (non-hydrogen) atoms. The summed E-state index contributed by atoms with van der Waals surface area (Å²) < 4.78 is 5.31. The average Bonchev–Trinajstić information content (AvgIpc) is 3.03. The van der Waals surface area contributed by atoms with Gasteiger partial charge < -0.3 is 9.84 Å². The van der Waals surface area contributed by atoms with Gasteiger partial charge in [0, 0.05) is 22.2 Å². The first-order valence-electron chi connectivity index (χ1n) is 7.19. The van der Waals surface area contributed by atoms with E-state index in [1.807, 2.05) is 37.3 Å². The average molecular weight is 327 g/mol. The summed E-state index contributed by atoms with van der Waals surface area (Å²) in [7, 11) is 0. The molecule has 3 aromatic rings. The number of aryl methyl sites for hydroxylation is 1. The Balaban J connectivity index is 1.67. The number of aromatic nitrogens is 1. The number of carbonyl (C=O) groups is 1. The van der Waals surface area contributed by atoms with Crippen molar-refractivity contribution in [1.82, 2.24) is 10.5 Å². The van der Waals surface area contributed by atoms with Crippen LogP contribution in [0.15, 0.2) is 59.1 Å². The quantitative estimate of drug-likeness (QED) is 0.780. The molecular formula is C18H15ClN2O2. The number of hydrogen-bond acceptors (Lipinski definition) is 3. The Bertz CT molecular complexity index is 825. The third kappa shape index (κ3) is 3.60. The molecule has 0 aliphatic carbocycles. The maximum Gasteiger partial charge on any atom is 0.251 e. The van der Waals surface area contributed by atoms with Crippen LogP contribution in [0.1, 0.15) is 21.6 Å². The van der Waals surface area contributed by atoms with Gasteiger partial charge in [0.05, 0.1) is 6.54 Å². The van der Waals surface area contributed by atoms with Crippen LogP contribution in [-0.4, -0.2) is 11.1 Å². The first-order chi connectivity index (χ1) is 11.1. The normalized spacial score (nSPS) is 10.5. The van der Waals surface area contributed by atoms with Crippen LogP contribution in [0.4, 0.5) is 0 Å². The number of benzene rings is 2. The minimum absolute atomic E-state index is 0.126. The monoisotopic (exact) mass is 326 g/mol. The molecule has 0 saturated heterocycles. The first kappa shape index (κ1) is 15.3. The fraction of sp³-hybridized carbons (Fsp3) is 0.111.